The molecular weight excluding hydrogens is 362 g/mol. The van der Waals surface area contributed by atoms with Gasteiger partial charge in [0.05, 0.1) is 18.4 Å². The summed E-state index contributed by atoms with van der Waals surface area (Å²) >= 11 is 3.33. The van der Waals surface area contributed by atoms with Crippen molar-refractivity contribution in [3.05, 3.63) is 58.6 Å². The number of methoxy groups -OCH3 is 1. The van der Waals surface area contributed by atoms with Crippen LogP contribution in [0.5, 0.6) is 5.75 Å². The summed E-state index contributed by atoms with van der Waals surface area (Å²) in [6.45, 7) is 1.64. The Hall–Kier alpha value is -2.34. The number of hydrogen-bond donors (Lipinski definition) is 1. The van der Waals surface area contributed by atoms with Crippen LogP contribution >= 0.6 is 15.9 Å². The monoisotopic (exact) mass is 377 g/mol. The molecule has 5 nitrogen and oxygen atoms in total. The predicted octanol–water partition coefficient (Wildman–Crippen LogP) is 3.64. The quantitative estimate of drug-likeness (QED) is 0.807. The number of halogens is 1. The third-order valence-corrected chi connectivity index (χ3v) is 3.61. The Balaban J connectivity index is 2.06. The second-order valence-corrected chi connectivity index (χ2v) is 5.66. The molecular formula is C17H16BrNO4. The predicted molar refractivity (Wildman–Crippen MR) is 90.6 cm³/mol. The molecule has 0 aliphatic heterocycles. The number of esters is 1. The summed E-state index contributed by atoms with van der Waals surface area (Å²) in [4.78, 5) is 23.9. The number of rotatable bonds is 5. The summed E-state index contributed by atoms with van der Waals surface area (Å²) in [7, 11) is 1.29. The van der Waals surface area contributed by atoms with Crippen molar-refractivity contribution in [2.45, 2.75) is 13.0 Å². The van der Waals surface area contributed by atoms with E-state index in [9.17, 15) is 9.59 Å². The molecule has 0 saturated carbocycles. The molecule has 0 radical (unpaired) electrons. The lowest BCUT2D eigenvalue weighted by Gasteiger charge is -2.16. The van der Waals surface area contributed by atoms with Gasteiger partial charge >= 0.3 is 5.97 Å². The van der Waals surface area contributed by atoms with Crippen LogP contribution in [0.3, 0.4) is 0 Å². The Kier molecular flexibility index (Phi) is 5.76. The molecule has 0 fully saturated rings. The van der Waals surface area contributed by atoms with Crippen molar-refractivity contribution in [2.24, 2.45) is 0 Å². The molecule has 1 atom stereocenters. The number of nitrogens with one attached hydrogen (secondary N) is 1. The highest BCUT2D eigenvalue weighted by Crippen LogP contribution is 2.19. The molecule has 0 unspecified atom stereocenters. The number of para-hydroxylation sites is 1. The van der Waals surface area contributed by atoms with Crippen molar-refractivity contribution < 1.29 is 19.1 Å². The van der Waals surface area contributed by atoms with Gasteiger partial charge in [0.25, 0.3) is 5.91 Å². The smallest absolute Gasteiger partial charge is 0.339 e. The van der Waals surface area contributed by atoms with Crippen LogP contribution in [-0.2, 0) is 9.53 Å². The molecule has 0 aliphatic rings. The van der Waals surface area contributed by atoms with Crippen molar-refractivity contribution in [3.63, 3.8) is 0 Å². The van der Waals surface area contributed by atoms with Crippen LogP contribution in [0.2, 0.25) is 0 Å². The first kappa shape index (κ1) is 17.0. The van der Waals surface area contributed by atoms with Crippen LogP contribution in [0.25, 0.3) is 0 Å². The number of anilines is 1. The highest BCUT2D eigenvalue weighted by molar-refractivity contribution is 9.10. The Labute approximate surface area is 142 Å². The van der Waals surface area contributed by atoms with Crippen molar-refractivity contribution in [3.8, 4) is 5.75 Å². The van der Waals surface area contributed by atoms with Crippen LogP contribution in [0.4, 0.5) is 5.69 Å². The summed E-state index contributed by atoms with van der Waals surface area (Å²) < 4.78 is 11.2. The van der Waals surface area contributed by atoms with E-state index in [0.29, 0.717) is 17.0 Å². The van der Waals surface area contributed by atoms with Crippen LogP contribution < -0.4 is 10.1 Å². The summed E-state index contributed by atoms with van der Waals surface area (Å²) in [5.41, 5.74) is 0.676. The highest BCUT2D eigenvalue weighted by atomic mass is 79.9. The lowest BCUT2D eigenvalue weighted by atomic mass is 10.1. The Bertz CT molecular complexity index is 700. The first-order valence-electron chi connectivity index (χ1n) is 6.91. The maximum Gasteiger partial charge on any atom is 0.339 e. The van der Waals surface area contributed by atoms with Gasteiger partial charge in [0.2, 0.25) is 0 Å². The molecule has 6 heteroatoms. The van der Waals surface area contributed by atoms with Crippen molar-refractivity contribution in [2.75, 3.05) is 12.4 Å². The second kappa shape index (κ2) is 7.78. The molecule has 1 amide bonds. The summed E-state index contributed by atoms with van der Waals surface area (Å²) in [5.74, 6) is -0.288. The van der Waals surface area contributed by atoms with E-state index >= 15 is 0 Å². The van der Waals surface area contributed by atoms with Gasteiger partial charge in [-0.15, -0.1) is 0 Å². The third kappa shape index (κ3) is 4.56. The van der Waals surface area contributed by atoms with Crippen molar-refractivity contribution >= 4 is 33.5 Å². The van der Waals surface area contributed by atoms with Gasteiger partial charge in [-0.1, -0.05) is 28.1 Å². The number of ether oxygens (including phenoxy) is 2. The molecule has 1 N–H and O–H groups in total. The van der Waals surface area contributed by atoms with E-state index < -0.39 is 12.1 Å². The lowest BCUT2D eigenvalue weighted by molar-refractivity contribution is -0.122. The molecule has 0 heterocycles. The standard InChI is InChI=1S/C17H16BrNO4/c1-11(23-13-9-7-12(18)8-10-13)16(20)19-15-6-4-3-5-14(15)17(21)22-2/h3-11H,1-2H3,(H,19,20)/t11-/m0/s1. The summed E-state index contributed by atoms with van der Waals surface area (Å²) in [6, 6.07) is 13.8. The van der Waals surface area contributed by atoms with Gasteiger partial charge in [-0.3, -0.25) is 4.79 Å². The average molecular weight is 378 g/mol. The molecule has 2 aromatic rings. The van der Waals surface area contributed by atoms with Gasteiger partial charge in [0.1, 0.15) is 5.75 Å². The Morgan fingerprint density at radius 1 is 1.09 bits per heavy atom. The van der Waals surface area contributed by atoms with Gasteiger partial charge in [-0.25, -0.2) is 4.79 Å². The third-order valence-electron chi connectivity index (χ3n) is 3.09. The Morgan fingerprint density at radius 3 is 2.39 bits per heavy atom. The molecule has 0 bridgehead atoms. The minimum Gasteiger partial charge on any atom is -0.481 e. The first-order chi connectivity index (χ1) is 11.0. The molecule has 120 valence electrons. The number of amides is 1. The summed E-state index contributed by atoms with van der Waals surface area (Å²) in [6.07, 6.45) is -0.720. The molecule has 0 aromatic heterocycles. The number of hydrogen-bond acceptors (Lipinski definition) is 4. The number of carbonyl (C=O) groups is 2. The van der Waals surface area contributed by atoms with Gasteiger partial charge in [0, 0.05) is 4.47 Å². The minimum absolute atomic E-state index is 0.291. The topological polar surface area (TPSA) is 64.6 Å². The maximum absolute atomic E-state index is 12.2. The van der Waals surface area contributed by atoms with Crippen LogP contribution in [-0.4, -0.2) is 25.1 Å². The highest BCUT2D eigenvalue weighted by Gasteiger charge is 2.18. The maximum atomic E-state index is 12.2. The van der Waals surface area contributed by atoms with Gasteiger partial charge < -0.3 is 14.8 Å². The SMILES string of the molecule is COC(=O)c1ccccc1NC(=O)[C@H](C)Oc1ccc(Br)cc1. The molecule has 2 rings (SSSR count). The van der Waals surface area contributed by atoms with E-state index in [4.69, 9.17) is 9.47 Å². The minimum atomic E-state index is -0.720. The number of carbonyl (C=O) groups excluding carboxylic acids is 2. The van der Waals surface area contributed by atoms with E-state index in [-0.39, 0.29) is 5.91 Å². The molecule has 0 saturated heterocycles. The largest absolute Gasteiger partial charge is 0.481 e. The second-order valence-electron chi connectivity index (χ2n) is 4.74. The zero-order valence-electron chi connectivity index (χ0n) is 12.7. The molecule has 0 aliphatic carbocycles. The fourth-order valence-electron chi connectivity index (χ4n) is 1.89. The van der Waals surface area contributed by atoms with Crippen LogP contribution in [0.1, 0.15) is 17.3 Å². The van der Waals surface area contributed by atoms with Gasteiger partial charge in [-0.05, 0) is 43.3 Å². The fraction of sp³-hybridized carbons (Fsp3) is 0.176. The van der Waals surface area contributed by atoms with E-state index in [1.807, 2.05) is 12.1 Å². The van der Waals surface area contributed by atoms with Crippen LogP contribution in [0.15, 0.2) is 53.0 Å². The molecule has 2 aromatic carbocycles. The summed E-state index contributed by atoms with van der Waals surface area (Å²) in [5, 5.41) is 2.68. The zero-order valence-corrected chi connectivity index (χ0v) is 14.3. The zero-order chi connectivity index (χ0) is 16.8. The lowest BCUT2D eigenvalue weighted by Crippen LogP contribution is -2.30. The number of benzene rings is 2. The Morgan fingerprint density at radius 2 is 1.74 bits per heavy atom. The van der Waals surface area contributed by atoms with E-state index in [0.717, 1.165) is 4.47 Å². The normalized spacial score (nSPS) is 11.4. The van der Waals surface area contributed by atoms with E-state index in [1.165, 1.54) is 7.11 Å². The van der Waals surface area contributed by atoms with Crippen molar-refractivity contribution in [1.29, 1.82) is 0 Å². The average Bonchev–Trinajstić information content (AvgIpc) is 2.56. The van der Waals surface area contributed by atoms with E-state index in [2.05, 4.69) is 21.2 Å². The fourth-order valence-corrected chi connectivity index (χ4v) is 2.15. The van der Waals surface area contributed by atoms with Gasteiger partial charge in [0.15, 0.2) is 6.10 Å². The van der Waals surface area contributed by atoms with E-state index in [1.54, 1.807) is 43.3 Å². The van der Waals surface area contributed by atoms with Crippen molar-refractivity contribution in [1.82, 2.24) is 0 Å². The molecule has 23 heavy (non-hydrogen) atoms. The van der Waals surface area contributed by atoms with Crippen LogP contribution in [0, 0.1) is 0 Å². The first-order valence-corrected chi connectivity index (χ1v) is 7.71. The van der Waals surface area contributed by atoms with Gasteiger partial charge in [-0.2, -0.15) is 0 Å². The molecule has 0 spiro atoms.